The van der Waals surface area contributed by atoms with Crippen molar-refractivity contribution in [1.29, 1.82) is 0 Å². The van der Waals surface area contributed by atoms with Crippen molar-refractivity contribution in [3.63, 3.8) is 0 Å². The van der Waals surface area contributed by atoms with Gasteiger partial charge < -0.3 is 30.1 Å². The van der Waals surface area contributed by atoms with Crippen LogP contribution in [0.25, 0.3) is 0 Å². The molecule has 0 radical (unpaired) electrons. The van der Waals surface area contributed by atoms with Gasteiger partial charge in [-0.3, -0.25) is 4.79 Å². The maximum absolute atomic E-state index is 13.5. The summed E-state index contributed by atoms with van der Waals surface area (Å²) in [5.41, 5.74) is -0.234. The van der Waals surface area contributed by atoms with Gasteiger partial charge in [-0.15, -0.1) is 0 Å². The Labute approximate surface area is 207 Å². The largest absolute Gasteiger partial charge is 0.472 e. The highest BCUT2D eigenvalue weighted by Gasteiger charge is 2.35. The van der Waals surface area contributed by atoms with Crippen molar-refractivity contribution in [2.45, 2.75) is 77.2 Å². The first-order valence-electron chi connectivity index (χ1n) is 12.4. The Balaban J connectivity index is 1.93. The number of nitrogens with zero attached hydrogens (tertiary/aromatic N) is 3. The molecule has 1 saturated carbocycles. The number of nitrogens with one attached hydrogen (secondary N) is 1. The number of urea groups is 1. The number of ether oxygens (including phenoxy) is 1. The lowest BCUT2D eigenvalue weighted by atomic mass is 9.99. The van der Waals surface area contributed by atoms with Crippen LogP contribution < -0.4 is 10.1 Å². The lowest BCUT2D eigenvalue weighted by molar-refractivity contribution is 0.0351. The highest BCUT2D eigenvalue weighted by atomic mass is 16.5. The van der Waals surface area contributed by atoms with Crippen LogP contribution in [0.4, 0.5) is 4.79 Å². The molecule has 9 heteroatoms. The first-order chi connectivity index (χ1) is 16.5. The smallest absolute Gasteiger partial charge is 0.317 e. The molecule has 3 N–H and O–H groups in total. The number of hydrogen-bond donors (Lipinski definition) is 3. The Kier molecular flexibility index (Phi) is 8.62. The second-order valence-corrected chi connectivity index (χ2v) is 10.2. The van der Waals surface area contributed by atoms with Crippen molar-refractivity contribution in [3.05, 3.63) is 23.4 Å². The van der Waals surface area contributed by atoms with E-state index < -0.39 is 17.7 Å². The lowest BCUT2D eigenvalue weighted by Gasteiger charge is -2.37. The second-order valence-electron chi connectivity index (χ2n) is 10.2. The zero-order chi connectivity index (χ0) is 25.8. The number of carbonyl (C=O) groups excluding carboxylic acids is 2. The number of amides is 3. The first kappa shape index (κ1) is 26.8. The maximum Gasteiger partial charge on any atom is 0.317 e. The Bertz CT molecular complexity index is 980. The van der Waals surface area contributed by atoms with E-state index in [2.05, 4.69) is 22.1 Å². The van der Waals surface area contributed by atoms with Gasteiger partial charge in [-0.25, -0.2) is 9.78 Å². The van der Waals surface area contributed by atoms with E-state index in [1.165, 1.54) is 6.20 Å². The predicted molar refractivity (Wildman–Crippen MR) is 132 cm³/mol. The fourth-order valence-corrected chi connectivity index (χ4v) is 4.37. The van der Waals surface area contributed by atoms with E-state index in [4.69, 9.17) is 4.74 Å². The molecular weight excluding hydrogens is 448 g/mol. The third-order valence-corrected chi connectivity index (χ3v) is 6.60. The summed E-state index contributed by atoms with van der Waals surface area (Å²) in [5.74, 6) is 5.67. The van der Waals surface area contributed by atoms with Gasteiger partial charge in [-0.1, -0.05) is 18.8 Å². The highest BCUT2D eigenvalue weighted by Crippen LogP contribution is 2.30. The number of rotatable bonds is 5. The number of aromatic nitrogens is 1. The molecule has 3 rings (SSSR count). The molecule has 1 aromatic heterocycles. The van der Waals surface area contributed by atoms with Gasteiger partial charge in [0.15, 0.2) is 0 Å². The van der Waals surface area contributed by atoms with E-state index >= 15 is 0 Å². The monoisotopic (exact) mass is 486 g/mol. The van der Waals surface area contributed by atoms with Crippen LogP contribution >= 0.6 is 0 Å². The van der Waals surface area contributed by atoms with Crippen molar-refractivity contribution >= 4 is 11.9 Å². The number of aliphatic hydroxyl groups is 2. The van der Waals surface area contributed by atoms with E-state index in [9.17, 15) is 19.8 Å². The average Bonchev–Trinajstić information content (AvgIpc) is 3.25. The molecule has 3 amide bonds. The lowest BCUT2D eigenvalue weighted by Crippen LogP contribution is -2.51. The van der Waals surface area contributed by atoms with Crippen LogP contribution in [0.15, 0.2) is 12.3 Å². The number of fused-ring (bicyclic) bond motifs is 1. The fraction of sp³-hybridized carbons (Fsp3) is 0.654. The molecule has 2 aliphatic rings. The molecule has 1 aliphatic heterocycles. The van der Waals surface area contributed by atoms with Crippen LogP contribution in [0.1, 0.15) is 69.3 Å². The van der Waals surface area contributed by atoms with Gasteiger partial charge in [0.1, 0.15) is 17.3 Å². The van der Waals surface area contributed by atoms with Crippen molar-refractivity contribution in [3.8, 4) is 17.7 Å². The van der Waals surface area contributed by atoms with Crippen LogP contribution in [0, 0.1) is 17.8 Å². The van der Waals surface area contributed by atoms with Crippen molar-refractivity contribution in [2.24, 2.45) is 5.92 Å². The molecule has 35 heavy (non-hydrogen) atoms. The Morgan fingerprint density at radius 1 is 1.37 bits per heavy atom. The van der Waals surface area contributed by atoms with E-state index in [-0.39, 0.29) is 41.9 Å². The van der Waals surface area contributed by atoms with Crippen LogP contribution in [-0.4, -0.2) is 87.5 Å². The minimum Gasteiger partial charge on any atom is -0.472 e. The number of aliphatic hydroxyl groups excluding tert-OH is 1. The number of hydrogen-bond acceptors (Lipinski definition) is 6. The van der Waals surface area contributed by atoms with Gasteiger partial charge in [0.25, 0.3) is 5.91 Å². The zero-order valence-corrected chi connectivity index (χ0v) is 21.4. The standard InChI is InChI=1S/C26H38N4O5/c1-17(2)28-25(33)29(5)15-22-18(3)14-30(19(4)16-31)24(32)21-12-20(13-27-23(21)35-22)8-11-26(34)9-6-7-10-26/h12-13,17-19,22,31,34H,6-7,9-10,14-16H2,1-5H3,(H,28,33)/t18-,19-,22+/m1/s1. The molecule has 9 nitrogen and oxygen atoms in total. The van der Waals surface area contributed by atoms with Gasteiger partial charge >= 0.3 is 6.03 Å². The van der Waals surface area contributed by atoms with Gasteiger partial charge in [0, 0.05) is 37.3 Å². The van der Waals surface area contributed by atoms with E-state index in [1.54, 1.807) is 29.8 Å². The fourth-order valence-electron chi connectivity index (χ4n) is 4.37. The summed E-state index contributed by atoms with van der Waals surface area (Å²) in [5, 5.41) is 23.2. The Morgan fingerprint density at radius 2 is 2.06 bits per heavy atom. The molecule has 1 aromatic rings. The number of pyridine rings is 1. The van der Waals surface area contributed by atoms with Gasteiger partial charge in [-0.05, 0) is 52.5 Å². The minimum atomic E-state index is -0.996. The van der Waals surface area contributed by atoms with E-state index in [1.807, 2.05) is 20.8 Å². The predicted octanol–water partition coefficient (Wildman–Crippen LogP) is 2.01. The molecule has 0 unspecified atom stereocenters. The van der Waals surface area contributed by atoms with E-state index in [0.29, 0.717) is 31.5 Å². The van der Waals surface area contributed by atoms with Crippen molar-refractivity contribution in [1.82, 2.24) is 20.1 Å². The SMILES string of the molecule is CC(C)NC(=O)N(C)C[C@@H]1Oc2ncc(C#CC3(O)CCCC3)cc2C(=O)N([C@H](C)CO)C[C@H]1C. The van der Waals surface area contributed by atoms with Gasteiger partial charge in [0.2, 0.25) is 5.88 Å². The minimum absolute atomic E-state index is 0.00311. The summed E-state index contributed by atoms with van der Waals surface area (Å²) in [6.07, 6.45) is 4.27. The number of likely N-dealkylation sites (N-methyl/N-ethyl adjacent to an activating group) is 1. The quantitative estimate of drug-likeness (QED) is 0.549. The zero-order valence-electron chi connectivity index (χ0n) is 21.4. The van der Waals surface area contributed by atoms with Crippen LogP contribution in [-0.2, 0) is 0 Å². The molecule has 0 bridgehead atoms. The highest BCUT2D eigenvalue weighted by molar-refractivity contribution is 5.97. The molecule has 1 fully saturated rings. The third-order valence-electron chi connectivity index (χ3n) is 6.60. The maximum atomic E-state index is 13.5. The normalized spacial score (nSPS) is 22.3. The van der Waals surface area contributed by atoms with Crippen molar-refractivity contribution in [2.75, 3.05) is 26.7 Å². The van der Waals surface area contributed by atoms with Crippen LogP contribution in [0.3, 0.4) is 0 Å². The topological polar surface area (TPSA) is 115 Å². The third kappa shape index (κ3) is 6.65. The van der Waals surface area contributed by atoms with Gasteiger partial charge in [0.05, 0.1) is 19.2 Å². The number of carbonyl (C=O) groups is 2. The summed E-state index contributed by atoms with van der Waals surface area (Å²) < 4.78 is 6.22. The molecule has 3 atom stereocenters. The summed E-state index contributed by atoms with van der Waals surface area (Å²) in [6, 6.07) is 1.02. The average molecular weight is 487 g/mol. The van der Waals surface area contributed by atoms with E-state index in [0.717, 1.165) is 12.8 Å². The second kappa shape index (κ2) is 11.3. The Morgan fingerprint density at radius 3 is 2.69 bits per heavy atom. The first-order valence-corrected chi connectivity index (χ1v) is 12.4. The summed E-state index contributed by atoms with van der Waals surface area (Å²) in [4.78, 5) is 33.6. The summed E-state index contributed by atoms with van der Waals surface area (Å²) >= 11 is 0. The molecule has 192 valence electrons. The molecule has 0 spiro atoms. The molecule has 1 aliphatic carbocycles. The van der Waals surface area contributed by atoms with Crippen LogP contribution in [0.5, 0.6) is 5.88 Å². The molecule has 2 heterocycles. The van der Waals surface area contributed by atoms with Crippen molar-refractivity contribution < 1.29 is 24.5 Å². The molecule has 0 saturated heterocycles. The molecular formula is C26H38N4O5. The van der Waals surface area contributed by atoms with Crippen LogP contribution in [0.2, 0.25) is 0 Å². The molecule has 0 aromatic carbocycles. The summed E-state index contributed by atoms with van der Waals surface area (Å²) in [6.45, 7) is 7.99. The summed E-state index contributed by atoms with van der Waals surface area (Å²) in [7, 11) is 1.70. The van der Waals surface area contributed by atoms with Gasteiger partial charge in [-0.2, -0.15) is 0 Å². The Hall–Kier alpha value is -2.83.